The molecule has 158 valence electrons. The zero-order valence-electron chi connectivity index (χ0n) is 16.0. The molecule has 0 saturated carbocycles. The number of fused-ring (bicyclic) bond motifs is 3. The first-order valence-electron chi connectivity index (χ1n) is 9.43. The summed E-state index contributed by atoms with van der Waals surface area (Å²) in [6.07, 6.45) is -4.55. The Hall–Kier alpha value is -2.92. The van der Waals surface area contributed by atoms with Gasteiger partial charge in [0.15, 0.2) is 0 Å². The number of benzene rings is 1. The van der Waals surface area contributed by atoms with E-state index in [1.165, 1.54) is 6.92 Å². The van der Waals surface area contributed by atoms with E-state index in [9.17, 15) is 18.3 Å². The zero-order valence-corrected chi connectivity index (χ0v) is 16.0. The van der Waals surface area contributed by atoms with Gasteiger partial charge in [0.05, 0.1) is 43.4 Å². The van der Waals surface area contributed by atoms with Crippen LogP contribution in [0.3, 0.4) is 0 Å². The maximum absolute atomic E-state index is 13.1. The van der Waals surface area contributed by atoms with Crippen LogP contribution in [-0.2, 0) is 28.9 Å². The van der Waals surface area contributed by atoms with Crippen LogP contribution in [0.15, 0.2) is 12.1 Å². The van der Waals surface area contributed by atoms with Crippen molar-refractivity contribution in [2.75, 3.05) is 31.2 Å². The molecule has 0 amide bonds. The Morgan fingerprint density at radius 3 is 2.53 bits per heavy atom. The van der Waals surface area contributed by atoms with Crippen LogP contribution in [0.4, 0.5) is 19.1 Å². The van der Waals surface area contributed by atoms with Crippen LogP contribution < -0.4 is 4.90 Å². The van der Waals surface area contributed by atoms with Gasteiger partial charge in [0.25, 0.3) is 5.78 Å². The summed E-state index contributed by atoms with van der Waals surface area (Å²) >= 11 is 0. The first-order valence-corrected chi connectivity index (χ1v) is 9.43. The van der Waals surface area contributed by atoms with E-state index in [1.807, 2.05) is 4.90 Å². The van der Waals surface area contributed by atoms with Crippen molar-refractivity contribution >= 4 is 11.7 Å². The first kappa shape index (κ1) is 19.1. The Morgan fingerprint density at radius 1 is 1.07 bits per heavy atom. The number of aryl methyl sites for hydroxylation is 1. The minimum atomic E-state index is -4.55. The second-order valence-electron chi connectivity index (χ2n) is 7.29. The van der Waals surface area contributed by atoms with Gasteiger partial charge in [0.2, 0.25) is 5.95 Å². The van der Waals surface area contributed by atoms with Crippen LogP contribution in [-0.4, -0.2) is 51.0 Å². The maximum Gasteiger partial charge on any atom is 0.416 e. The summed E-state index contributed by atoms with van der Waals surface area (Å²) in [6.45, 7) is 4.47. The van der Waals surface area contributed by atoms with Crippen LogP contribution in [0.25, 0.3) is 17.0 Å². The van der Waals surface area contributed by atoms with E-state index in [4.69, 9.17) is 9.47 Å². The van der Waals surface area contributed by atoms with Crippen molar-refractivity contribution in [3.63, 3.8) is 0 Å². The number of phenolic OH excluding ortho intramolecular Hbond substituents is 1. The Balaban J connectivity index is 1.67. The number of alkyl halides is 3. The zero-order chi connectivity index (χ0) is 21.0. The number of anilines is 1. The molecule has 2 aromatic heterocycles. The highest BCUT2D eigenvalue weighted by atomic mass is 19.4. The molecule has 2 aliphatic rings. The number of ether oxygens (including phenoxy) is 2. The Bertz CT molecular complexity index is 1120. The fraction of sp³-hybridized carbons (Fsp3) is 0.421. The summed E-state index contributed by atoms with van der Waals surface area (Å²) in [6, 6.07) is 1.73. The van der Waals surface area contributed by atoms with Gasteiger partial charge in [-0.05, 0) is 24.6 Å². The van der Waals surface area contributed by atoms with Crippen molar-refractivity contribution < 1.29 is 27.8 Å². The number of hydrogen-bond donors (Lipinski definition) is 1. The van der Waals surface area contributed by atoms with Crippen LogP contribution in [0.1, 0.15) is 22.4 Å². The third kappa shape index (κ3) is 3.05. The maximum atomic E-state index is 13.1. The molecule has 0 unspecified atom stereocenters. The highest BCUT2D eigenvalue weighted by Crippen LogP contribution is 2.41. The number of phenols is 1. The van der Waals surface area contributed by atoms with Gasteiger partial charge in [-0.15, -0.1) is 5.10 Å². The van der Waals surface area contributed by atoms with Crippen LogP contribution in [0, 0.1) is 6.92 Å². The summed E-state index contributed by atoms with van der Waals surface area (Å²) in [7, 11) is 0. The van der Waals surface area contributed by atoms with Gasteiger partial charge in [-0.2, -0.15) is 22.7 Å². The summed E-state index contributed by atoms with van der Waals surface area (Å²) in [4.78, 5) is 11.1. The lowest BCUT2D eigenvalue weighted by atomic mass is 9.97. The number of hydrogen-bond acceptors (Lipinski definition) is 7. The van der Waals surface area contributed by atoms with Crippen molar-refractivity contribution in [1.29, 1.82) is 0 Å². The summed E-state index contributed by atoms with van der Waals surface area (Å²) < 4.78 is 51.9. The largest absolute Gasteiger partial charge is 0.507 e. The van der Waals surface area contributed by atoms with Gasteiger partial charge < -0.3 is 19.5 Å². The molecule has 5 rings (SSSR count). The van der Waals surface area contributed by atoms with E-state index in [2.05, 4.69) is 15.1 Å². The lowest BCUT2D eigenvalue weighted by Gasteiger charge is -2.25. The molecule has 1 N–H and O–H groups in total. The molecule has 0 atom stereocenters. The minimum absolute atomic E-state index is 0.222. The number of aromatic nitrogens is 4. The molecular formula is C19H18F3N5O3. The van der Waals surface area contributed by atoms with Gasteiger partial charge in [-0.3, -0.25) is 0 Å². The highest BCUT2D eigenvalue weighted by Gasteiger charge is 2.33. The molecule has 0 radical (unpaired) electrons. The number of halogens is 3. The van der Waals surface area contributed by atoms with Gasteiger partial charge in [-0.1, -0.05) is 0 Å². The Kier molecular flexibility index (Phi) is 4.33. The van der Waals surface area contributed by atoms with E-state index in [-0.39, 0.29) is 24.3 Å². The summed E-state index contributed by atoms with van der Waals surface area (Å²) in [5, 5.41) is 15.0. The molecule has 1 saturated heterocycles. The van der Waals surface area contributed by atoms with E-state index in [0.717, 1.165) is 17.8 Å². The average molecular weight is 421 g/mol. The monoisotopic (exact) mass is 421 g/mol. The molecule has 30 heavy (non-hydrogen) atoms. The number of aromatic hydroxyl groups is 1. The van der Waals surface area contributed by atoms with Crippen molar-refractivity contribution in [1.82, 2.24) is 19.6 Å². The SMILES string of the molecule is Cc1cc(C(F)(F)F)cc(O)c1-c1nc2nc(N3CCOCC3)nn2c2c1COC2. The Morgan fingerprint density at radius 2 is 1.83 bits per heavy atom. The molecule has 4 heterocycles. The number of nitrogens with zero attached hydrogens (tertiary/aromatic N) is 5. The lowest BCUT2D eigenvalue weighted by Crippen LogP contribution is -2.36. The van der Waals surface area contributed by atoms with E-state index < -0.39 is 17.5 Å². The first-order chi connectivity index (χ1) is 14.3. The molecule has 8 nitrogen and oxygen atoms in total. The second kappa shape index (κ2) is 6.81. The molecule has 0 spiro atoms. The van der Waals surface area contributed by atoms with Crippen LogP contribution in [0.5, 0.6) is 5.75 Å². The third-order valence-corrected chi connectivity index (χ3v) is 5.34. The number of morpholine rings is 1. The molecule has 11 heteroatoms. The Labute approximate surface area is 168 Å². The molecule has 1 aromatic carbocycles. The average Bonchev–Trinajstić information content (AvgIpc) is 3.34. The fourth-order valence-electron chi connectivity index (χ4n) is 3.87. The van der Waals surface area contributed by atoms with Crippen molar-refractivity contribution in [2.45, 2.75) is 26.3 Å². The summed E-state index contributed by atoms with van der Waals surface area (Å²) in [5.41, 5.74) is 1.36. The lowest BCUT2D eigenvalue weighted by molar-refractivity contribution is -0.137. The smallest absolute Gasteiger partial charge is 0.416 e. The number of rotatable bonds is 2. The summed E-state index contributed by atoms with van der Waals surface area (Å²) in [5.74, 6) is 0.320. The van der Waals surface area contributed by atoms with Gasteiger partial charge in [0.1, 0.15) is 5.75 Å². The highest BCUT2D eigenvalue weighted by molar-refractivity contribution is 5.76. The third-order valence-electron chi connectivity index (χ3n) is 5.34. The molecule has 0 bridgehead atoms. The van der Waals surface area contributed by atoms with Gasteiger partial charge in [-0.25, -0.2) is 4.98 Å². The molecule has 0 aliphatic carbocycles. The van der Waals surface area contributed by atoms with E-state index >= 15 is 0 Å². The standard InChI is InChI=1S/C19H18F3N5O3/c1-10-6-11(19(20,21)22)7-14(28)15(10)16-12-8-30-9-13(12)27-17(23-16)24-18(25-27)26-2-4-29-5-3-26/h6-7,28H,2-5,8-9H2,1H3. The van der Waals surface area contributed by atoms with Crippen LogP contribution in [0.2, 0.25) is 0 Å². The minimum Gasteiger partial charge on any atom is -0.507 e. The van der Waals surface area contributed by atoms with Gasteiger partial charge in [0, 0.05) is 24.2 Å². The van der Waals surface area contributed by atoms with Crippen molar-refractivity contribution in [3.8, 4) is 17.0 Å². The molecular weight excluding hydrogens is 403 g/mol. The van der Waals surface area contributed by atoms with Crippen LogP contribution >= 0.6 is 0 Å². The fourth-order valence-corrected chi connectivity index (χ4v) is 3.87. The topological polar surface area (TPSA) is 85.0 Å². The second-order valence-corrected chi connectivity index (χ2v) is 7.29. The molecule has 2 aliphatic heterocycles. The molecule has 1 fully saturated rings. The quantitative estimate of drug-likeness (QED) is 0.681. The van der Waals surface area contributed by atoms with Gasteiger partial charge >= 0.3 is 6.18 Å². The normalized spacial score (nSPS) is 17.0. The van der Waals surface area contributed by atoms with E-state index in [1.54, 1.807) is 4.52 Å². The van der Waals surface area contributed by atoms with E-state index in [0.29, 0.717) is 49.3 Å². The molecule has 3 aromatic rings. The van der Waals surface area contributed by atoms with Crippen molar-refractivity contribution in [2.24, 2.45) is 0 Å². The predicted molar refractivity (Wildman–Crippen MR) is 99.1 cm³/mol. The van der Waals surface area contributed by atoms with Crippen molar-refractivity contribution in [3.05, 3.63) is 34.5 Å². The predicted octanol–water partition coefficient (Wildman–Crippen LogP) is 2.69.